The Labute approximate surface area is 210 Å². The largest absolute Gasteiger partial charge is 0.467 e. The molecule has 1 fully saturated rings. The van der Waals surface area contributed by atoms with Crippen molar-refractivity contribution in [1.82, 2.24) is 10.5 Å². The summed E-state index contributed by atoms with van der Waals surface area (Å²) in [5.41, 5.74) is 1.54. The van der Waals surface area contributed by atoms with E-state index >= 15 is 0 Å². The summed E-state index contributed by atoms with van der Waals surface area (Å²) in [5, 5.41) is 9.51. The highest BCUT2D eigenvalue weighted by Gasteiger charge is 2.36. The summed E-state index contributed by atoms with van der Waals surface area (Å²) in [6, 6.07) is 11.6. The van der Waals surface area contributed by atoms with Gasteiger partial charge in [0.15, 0.2) is 11.9 Å². The van der Waals surface area contributed by atoms with E-state index in [-0.39, 0.29) is 36.6 Å². The average Bonchev–Trinajstić information content (AvgIpc) is 3.65. The topological polar surface area (TPSA) is 118 Å². The number of hydrogen-bond acceptors (Lipinski definition) is 6. The standard InChI is InChI=1S/C27H32N4O5/c1-3-19-9-4-7-12-21(19)31(25(33)15-14-24(32)29-23-17-18(2)36-30-23)26(22-13-8-16-35-22)27(34)28-20-10-5-6-11-20/h4,7-9,12-13,16-17,20,26H,3,5-6,10-11,14-15H2,1-2H3,(H,28,34)(H,29,30,32)/t26-/m0/s1. The van der Waals surface area contributed by atoms with Crippen molar-refractivity contribution >= 4 is 29.2 Å². The monoisotopic (exact) mass is 492 g/mol. The second-order valence-electron chi connectivity index (χ2n) is 9.02. The van der Waals surface area contributed by atoms with Gasteiger partial charge in [-0.1, -0.05) is 43.1 Å². The molecule has 36 heavy (non-hydrogen) atoms. The number of carbonyl (C=O) groups excluding carboxylic acids is 3. The summed E-state index contributed by atoms with van der Waals surface area (Å²) < 4.78 is 10.6. The van der Waals surface area contributed by atoms with Gasteiger partial charge in [-0.3, -0.25) is 19.3 Å². The third-order valence-electron chi connectivity index (χ3n) is 6.38. The van der Waals surface area contributed by atoms with E-state index in [1.54, 1.807) is 25.1 Å². The second-order valence-corrected chi connectivity index (χ2v) is 9.02. The smallest absolute Gasteiger partial charge is 0.251 e. The summed E-state index contributed by atoms with van der Waals surface area (Å²) >= 11 is 0. The number of aryl methyl sites for hydroxylation is 2. The lowest BCUT2D eigenvalue weighted by Gasteiger charge is -2.32. The minimum Gasteiger partial charge on any atom is -0.467 e. The number of rotatable bonds is 10. The van der Waals surface area contributed by atoms with E-state index in [9.17, 15) is 14.4 Å². The van der Waals surface area contributed by atoms with Gasteiger partial charge in [0, 0.05) is 30.6 Å². The maximum atomic E-state index is 13.7. The van der Waals surface area contributed by atoms with Crippen molar-refractivity contribution in [2.24, 2.45) is 0 Å². The molecule has 1 aliphatic rings. The molecule has 1 atom stereocenters. The van der Waals surface area contributed by atoms with E-state index in [2.05, 4.69) is 15.8 Å². The van der Waals surface area contributed by atoms with Crippen LogP contribution < -0.4 is 15.5 Å². The summed E-state index contributed by atoms with van der Waals surface area (Å²) in [5.74, 6) is 0.211. The first kappa shape index (κ1) is 25.2. The first-order valence-electron chi connectivity index (χ1n) is 12.4. The fourth-order valence-corrected chi connectivity index (χ4v) is 4.60. The van der Waals surface area contributed by atoms with Gasteiger partial charge in [-0.15, -0.1) is 0 Å². The van der Waals surface area contributed by atoms with Crippen LogP contribution in [0.15, 0.2) is 57.7 Å². The molecule has 1 aromatic carbocycles. The predicted molar refractivity (Wildman–Crippen MR) is 134 cm³/mol. The van der Waals surface area contributed by atoms with Crippen LogP contribution in [0, 0.1) is 6.92 Å². The Morgan fingerprint density at radius 2 is 1.89 bits per heavy atom. The molecular weight excluding hydrogens is 460 g/mol. The van der Waals surface area contributed by atoms with Crippen LogP contribution in [0.4, 0.5) is 11.5 Å². The van der Waals surface area contributed by atoms with Gasteiger partial charge in [-0.2, -0.15) is 0 Å². The molecule has 190 valence electrons. The lowest BCUT2D eigenvalue weighted by atomic mass is 10.0. The number of hydrogen-bond donors (Lipinski definition) is 2. The van der Waals surface area contributed by atoms with Crippen LogP contribution in [0.25, 0.3) is 0 Å². The highest BCUT2D eigenvalue weighted by molar-refractivity contribution is 6.03. The molecule has 0 spiro atoms. The Balaban J connectivity index is 1.61. The van der Waals surface area contributed by atoms with Crippen molar-refractivity contribution in [3.8, 4) is 0 Å². The highest BCUT2D eigenvalue weighted by atomic mass is 16.5. The highest BCUT2D eigenvalue weighted by Crippen LogP contribution is 2.33. The summed E-state index contributed by atoms with van der Waals surface area (Å²) in [4.78, 5) is 41.4. The van der Waals surface area contributed by atoms with E-state index < -0.39 is 6.04 Å². The van der Waals surface area contributed by atoms with Gasteiger partial charge < -0.3 is 19.6 Å². The average molecular weight is 493 g/mol. The van der Waals surface area contributed by atoms with Crippen LogP contribution in [0.2, 0.25) is 0 Å². The van der Waals surface area contributed by atoms with Gasteiger partial charge in [0.05, 0.1) is 6.26 Å². The zero-order valence-corrected chi connectivity index (χ0v) is 20.7. The van der Waals surface area contributed by atoms with Crippen molar-refractivity contribution in [1.29, 1.82) is 0 Å². The number of amides is 3. The van der Waals surface area contributed by atoms with Gasteiger partial charge in [0.25, 0.3) is 5.91 Å². The Morgan fingerprint density at radius 3 is 2.56 bits per heavy atom. The number of nitrogens with one attached hydrogen (secondary N) is 2. The minimum absolute atomic E-state index is 0.0741. The third-order valence-corrected chi connectivity index (χ3v) is 6.38. The molecule has 1 saturated carbocycles. The van der Waals surface area contributed by atoms with E-state index in [4.69, 9.17) is 8.94 Å². The van der Waals surface area contributed by atoms with Crippen LogP contribution in [-0.4, -0.2) is 28.9 Å². The number of nitrogens with zero attached hydrogens (tertiary/aromatic N) is 2. The van der Waals surface area contributed by atoms with Crippen LogP contribution in [0.3, 0.4) is 0 Å². The Kier molecular flexibility index (Phi) is 8.20. The molecule has 0 bridgehead atoms. The number of para-hydroxylation sites is 1. The summed E-state index contributed by atoms with van der Waals surface area (Å²) in [6.07, 6.45) is 5.94. The summed E-state index contributed by atoms with van der Waals surface area (Å²) in [7, 11) is 0. The van der Waals surface area contributed by atoms with Crippen molar-refractivity contribution in [3.05, 3.63) is 65.8 Å². The van der Waals surface area contributed by atoms with Gasteiger partial charge in [-0.05, 0) is 49.9 Å². The molecule has 0 unspecified atom stereocenters. The van der Waals surface area contributed by atoms with Gasteiger partial charge in [-0.25, -0.2) is 0 Å². The Bertz CT molecular complexity index is 1180. The molecule has 2 N–H and O–H groups in total. The molecule has 0 saturated heterocycles. The minimum atomic E-state index is -0.998. The molecule has 0 radical (unpaired) electrons. The lowest BCUT2D eigenvalue weighted by Crippen LogP contribution is -2.46. The molecule has 4 rings (SSSR count). The second kappa shape index (κ2) is 11.7. The van der Waals surface area contributed by atoms with Gasteiger partial charge >= 0.3 is 0 Å². The molecule has 3 amide bonds. The van der Waals surface area contributed by atoms with E-state index in [1.807, 2.05) is 31.2 Å². The molecule has 9 nitrogen and oxygen atoms in total. The Hall–Kier alpha value is -3.88. The van der Waals surface area contributed by atoms with Crippen LogP contribution in [-0.2, 0) is 20.8 Å². The third kappa shape index (κ3) is 6.02. The van der Waals surface area contributed by atoms with Crippen molar-refractivity contribution in [2.45, 2.75) is 70.9 Å². The molecule has 0 aliphatic heterocycles. The molecular formula is C27H32N4O5. The van der Waals surface area contributed by atoms with E-state index in [0.29, 0.717) is 29.4 Å². The molecule has 2 aromatic heterocycles. The summed E-state index contributed by atoms with van der Waals surface area (Å²) in [6.45, 7) is 3.72. The lowest BCUT2D eigenvalue weighted by molar-refractivity contribution is -0.128. The van der Waals surface area contributed by atoms with E-state index in [1.165, 1.54) is 11.2 Å². The van der Waals surface area contributed by atoms with Gasteiger partial charge in [0.1, 0.15) is 11.5 Å². The fraction of sp³-hybridized carbons (Fsp3) is 0.407. The van der Waals surface area contributed by atoms with Crippen molar-refractivity contribution in [3.63, 3.8) is 0 Å². The molecule has 3 aromatic rings. The quantitative estimate of drug-likeness (QED) is 0.424. The van der Waals surface area contributed by atoms with Crippen LogP contribution >= 0.6 is 0 Å². The Morgan fingerprint density at radius 1 is 1.11 bits per heavy atom. The number of carbonyl (C=O) groups is 3. The van der Waals surface area contributed by atoms with Gasteiger partial charge in [0.2, 0.25) is 11.8 Å². The van der Waals surface area contributed by atoms with E-state index in [0.717, 1.165) is 31.2 Å². The normalized spacial score (nSPS) is 14.4. The number of furan rings is 1. The maximum absolute atomic E-state index is 13.7. The maximum Gasteiger partial charge on any atom is 0.251 e. The van der Waals surface area contributed by atoms with Crippen molar-refractivity contribution in [2.75, 3.05) is 10.2 Å². The number of aromatic nitrogens is 1. The fourth-order valence-electron chi connectivity index (χ4n) is 4.60. The van der Waals surface area contributed by atoms with Crippen molar-refractivity contribution < 1.29 is 23.3 Å². The molecule has 9 heteroatoms. The molecule has 2 heterocycles. The first-order valence-corrected chi connectivity index (χ1v) is 12.4. The zero-order chi connectivity index (χ0) is 25.5. The first-order chi connectivity index (χ1) is 17.5. The molecule has 1 aliphatic carbocycles. The zero-order valence-electron chi connectivity index (χ0n) is 20.7. The predicted octanol–water partition coefficient (Wildman–Crippen LogP) is 4.69. The number of anilines is 2. The van der Waals surface area contributed by atoms with Crippen LogP contribution in [0.5, 0.6) is 0 Å². The SMILES string of the molecule is CCc1ccccc1N(C(=O)CCC(=O)Nc1cc(C)on1)[C@H](C(=O)NC1CCCC1)c1ccco1. The number of benzene rings is 1. The van der Waals surface area contributed by atoms with Crippen LogP contribution in [0.1, 0.15) is 68.6 Å².